The van der Waals surface area contributed by atoms with Crippen LogP contribution in [0.1, 0.15) is 18.9 Å². The molecule has 1 aliphatic rings. The number of benzene rings is 1. The van der Waals surface area contributed by atoms with Crippen molar-refractivity contribution in [1.29, 1.82) is 0 Å². The van der Waals surface area contributed by atoms with E-state index in [1.165, 1.54) is 0 Å². The molecule has 0 aliphatic carbocycles. The highest BCUT2D eigenvalue weighted by molar-refractivity contribution is 6.33. The molecule has 4 heteroatoms. The van der Waals surface area contributed by atoms with Crippen LogP contribution in [0.4, 0.5) is 5.69 Å². The molecule has 1 saturated heterocycles. The summed E-state index contributed by atoms with van der Waals surface area (Å²) in [4.78, 5) is 0. The van der Waals surface area contributed by atoms with Gasteiger partial charge in [-0.3, -0.25) is 0 Å². The van der Waals surface area contributed by atoms with Crippen molar-refractivity contribution >= 4 is 17.3 Å². The van der Waals surface area contributed by atoms with E-state index in [0.29, 0.717) is 11.1 Å². The van der Waals surface area contributed by atoms with Gasteiger partial charge >= 0.3 is 0 Å². The van der Waals surface area contributed by atoms with E-state index < -0.39 is 0 Å². The number of rotatable bonds is 3. The first kappa shape index (κ1) is 11.7. The van der Waals surface area contributed by atoms with Crippen molar-refractivity contribution in [2.45, 2.75) is 32.1 Å². The lowest BCUT2D eigenvalue weighted by Gasteiger charge is -2.18. The van der Waals surface area contributed by atoms with Gasteiger partial charge in [0.2, 0.25) is 0 Å². The first-order valence-electron chi connectivity index (χ1n) is 5.48. The van der Waals surface area contributed by atoms with Crippen molar-refractivity contribution < 1.29 is 9.84 Å². The van der Waals surface area contributed by atoms with E-state index in [1.807, 2.05) is 12.1 Å². The number of anilines is 1. The molecule has 0 amide bonds. The van der Waals surface area contributed by atoms with Crippen LogP contribution in [-0.4, -0.2) is 23.9 Å². The first-order valence-corrected chi connectivity index (χ1v) is 5.86. The number of halogens is 1. The highest BCUT2D eigenvalue weighted by atomic mass is 35.5. The third-order valence-electron chi connectivity index (χ3n) is 2.93. The predicted octanol–water partition coefficient (Wildman–Crippen LogP) is 2.42. The number of hydrogen-bond acceptors (Lipinski definition) is 3. The van der Waals surface area contributed by atoms with E-state index >= 15 is 0 Å². The average molecular weight is 242 g/mol. The summed E-state index contributed by atoms with van der Waals surface area (Å²) in [7, 11) is 0. The SMILES string of the molecule is CC1OCCC1Nc1cc(CO)ccc1Cl. The van der Waals surface area contributed by atoms with Crippen LogP contribution in [0.15, 0.2) is 18.2 Å². The topological polar surface area (TPSA) is 41.5 Å². The van der Waals surface area contributed by atoms with E-state index in [4.69, 9.17) is 21.4 Å². The number of aliphatic hydroxyl groups excluding tert-OH is 1. The van der Waals surface area contributed by atoms with Crippen molar-refractivity contribution in [1.82, 2.24) is 0 Å². The molecule has 0 saturated carbocycles. The van der Waals surface area contributed by atoms with Gasteiger partial charge in [-0.2, -0.15) is 0 Å². The molecule has 88 valence electrons. The normalized spacial score (nSPS) is 24.7. The van der Waals surface area contributed by atoms with Gasteiger partial charge in [-0.05, 0) is 31.0 Å². The summed E-state index contributed by atoms with van der Waals surface area (Å²) < 4.78 is 5.48. The molecule has 1 aromatic rings. The number of ether oxygens (including phenoxy) is 1. The second kappa shape index (κ2) is 5.04. The lowest BCUT2D eigenvalue weighted by atomic mass is 10.1. The molecule has 1 fully saturated rings. The third-order valence-corrected chi connectivity index (χ3v) is 3.26. The Kier molecular flexibility index (Phi) is 3.69. The van der Waals surface area contributed by atoms with Gasteiger partial charge in [-0.1, -0.05) is 17.7 Å². The van der Waals surface area contributed by atoms with E-state index in [0.717, 1.165) is 24.3 Å². The third kappa shape index (κ3) is 2.48. The molecule has 1 aliphatic heterocycles. The lowest BCUT2D eigenvalue weighted by Crippen LogP contribution is -2.26. The zero-order valence-electron chi connectivity index (χ0n) is 9.24. The monoisotopic (exact) mass is 241 g/mol. The summed E-state index contributed by atoms with van der Waals surface area (Å²) in [5.74, 6) is 0. The maximum atomic E-state index is 9.07. The maximum Gasteiger partial charge on any atom is 0.0748 e. The van der Waals surface area contributed by atoms with Crippen molar-refractivity contribution in [2.75, 3.05) is 11.9 Å². The summed E-state index contributed by atoms with van der Waals surface area (Å²) in [5.41, 5.74) is 1.73. The Balaban J connectivity index is 2.13. The molecule has 0 radical (unpaired) electrons. The van der Waals surface area contributed by atoms with Crippen molar-refractivity contribution in [3.8, 4) is 0 Å². The second-order valence-corrected chi connectivity index (χ2v) is 4.49. The van der Waals surface area contributed by atoms with Gasteiger partial charge < -0.3 is 15.2 Å². The highest BCUT2D eigenvalue weighted by Crippen LogP contribution is 2.26. The predicted molar refractivity (Wildman–Crippen MR) is 64.8 cm³/mol. The van der Waals surface area contributed by atoms with Crippen molar-refractivity contribution in [3.05, 3.63) is 28.8 Å². The Morgan fingerprint density at radius 1 is 1.56 bits per heavy atom. The molecular formula is C12H16ClNO2. The van der Waals surface area contributed by atoms with E-state index in [-0.39, 0.29) is 12.7 Å². The minimum atomic E-state index is 0.0303. The Hall–Kier alpha value is -0.770. The fourth-order valence-corrected chi connectivity index (χ4v) is 2.07. The fraction of sp³-hybridized carbons (Fsp3) is 0.500. The van der Waals surface area contributed by atoms with Gasteiger partial charge in [0.1, 0.15) is 0 Å². The summed E-state index contributed by atoms with van der Waals surface area (Å²) in [6.45, 7) is 2.87. The molecule has 0 aromatic heterocycles. The van der Waals surface area contributed by atoms with Gasteiger partial charge in [0.15, 0.2) is 0 Å². The molecule has 16 heavy (non-hydrogen) atoms. The Labute approximate surface area is 100 Å². The zero-order valence-corrected chi connectivity index (χ0v) is 10.00. The summed E-state index contributed by atoms with van der Waals surface area (Å²) in [6.07, 6.45) is 1.19. The van der Waals surface area contributed by atoms with Crippen LogP contribution < -0.4 is 5.32 Å². The van der Waals surface area contributed by atoms with Gasteiger partial charge in [0.05, 0.1) is 29.5 Å². The number of hydrogen-bond donors (Lipinski definition) is 2. The lowest BCUT2D eigenvalue weighted by molar-refractivity contribution is 0.121. The Morgan fingerprint density at radius 2 is 2.38 bits per heavy atom. The Morgan fingerprint density at radius 3 is 3.00 bits per heavy atom. The van der Waals surface area contributed by atoms with E-state index in [9.17, 15) is 0 Å². The van der Waals surface area contributed by atoms with Gasteiger partial charge in [0, 0.05) is 6.61 Å². The zero-order chi connectivity index (χ0) is 11.5. The molecule has 1 heterocycles. The summed E-state index contributed by atoms with van der Waals surface area (Å²) in [5, 5.41) is 13.1. The number of aliphatic hydroxyl groups is 1. The quantitative estimate of drug-likeness (QED) is 0.854. The molecule has 2 atom stereocenters. The molecule has 1 aromatic carbocycles. The van der Waals surface area contributed by atoms with E-state index in [2.05, 4.69) is 12.2 Å². The van der Waals surface area contributed by atoms with Crippen LogP contribution in [0, 0.1) is 0 Å². The van der Waals surface area contributed by atoms with Crippen molar-refractivity contribution in [2.24, 2.45) is 0 Å². The smallest absolute Gasteiger partial charge is 0.0748 e. The minimum absolute atomic E-state index is 0.0303. The largest absolute Gasteiger partial charge is 0.392 e. The van der Waals surface area contributed by atoms with E-state index in [1.54, 1.807) is 6.07 Å². The van der Waals surface area contributed by atoms with Crippen LogP contribution in [0.5, 0.6) is 0 Å². The van der Waals surface area contributed by atoms with Gasteiger partial charge in [0.25, 0.3) is 0 Å². The molecule has 2 unspecified atom stereocenters. The van der Waals surface area contributed by atoms with Crippen molar-refractivity contribution in [3.63, 3.8) is 0 Å². The summed E-state index contributed by atoms with van der Waals surface area (Å²) in [6, 6.07) is 5.80. The fourth-order valence-electron chi connectivity index (χ4n) is 1.90. The molecule has 2 rings (SSSR count). The first-order chi connectivity index (χ1) is 7.70. The maximum absolute atomic E-state index is 9.07. The van der Waals surface area contributed by atoms with Crippen LogP contribution in [0.3, 0.4) is 0 Å². The second-order valence-electron chi connectivity index (χ2n) is 4.09. The van der Waals surface area contributed by atoms with Crippen LogP contribution in [-0.2, 0) is 11.3 Å². The molecule has 2 N–H and O–H groups in total. The van der Waals surface area contributed by atoms with Gasteiger partial charge in [-0.25, -0.2) is 0 Å². The number of nitrogens with one attached hydrogen (secondary N) is 1. The minimum Gasteiger partial charge on any atom is -0.392 e. The summed E-state index contributed by atoms with van der Waals surface area (Å²) >= 11 is 6.09. The van der Waals surface area contributed by atoms with Crippen LogP contribution in [0.25, 0.3) is 0 Å². The molecule has 0 spiro atoms. The van der Waals surface area contributed by atoms with Crippen LogP contribution in [0.2, 0.25) is 5.02 Å². The molecule has 0 bridgehead atoms. The Bertz CT molecular complexity index is 370. The standard InChI is InChI=1S/C12H16ClNO2/c1-8-11(4-5-16-8)14-12-6-9(7-15)2-3-10(12)13/h2-3,6,8,11,14-15H,4-5,7H2,1H3. The van der Waals surface area contributed by atoms with Gasteiger partial charge in [-0.15, -0.1) is 0 Å². The highest BCUT2D eigenvalue weighted by Gasteiger charge is 2.24. The van der Waals surface area contributed by atoms with Crippen LogP contribution >= 0.6 is 11.6 Å². The molecule has 3 nitrogen and oxygen atoms in total. The molecular weight excluding hydrogens is 226 g/mol. The average Bonchev–Trinajstić information content (AvgIpc) is 2.68.